The molecular weight excluding hydrogens is 234 g/mol. The molecule has 0 aliphatic heterocycles. The molecule has 1 aromatic heterocycles. The van der Waals surface area contributed by atoms with Gasteiger partial charge in [-0.3, -0.25) is 0 Å². The molecule has 0 aliphatic rings. The van der Waals surface area contributed by atoms with Crippen LogP contribution in [0.5, 0.6) is 0 Å². The number of rotatable bonds is 1. The van der Waals surface area contributed by atoms with E-state index in [1.807, 2.05) is 13.8 Å². The minimum absolute atomic E-state index is 0.899. The summed E-state index contributed by atoms with van der Waals surface area (Å²) >= 11 is 5.00. The van der Waals surface area contributed by atoms with Gasteiger partial charge in [0.25, 0.3) is 0 Å². The number of alkyl halides is 1. The molecule has 0 aliphatic carbocycles. The standard InChI is InChI=1S/C9H10BrNS/c1-7-9(5-3-4-6-10)12-8(2)11-7/h4,6H2,1-2H3. The van der Waals surface area contributed by atoms with Gasteiger partial charge in [-0.1, -0.05) is 27.8 Å². The second kappa shape index (κ2) is 4.64. The fraction of sp³-hybridized carbons (Fsp3) is 0.444. The number of hydrogen-bond donors (Lipinski definition) is 0. The SMILES string of the molecule is Cc1nc(C)c(C#CCCBr)s1. The van der Waals surface area contributed by atoms with E-state index in [-0.39, 0.29) is 0 Å². The maximum Gasteiger partial charge on any atom is 0.0998 e. The molecule has 64 valence electrons. The van der Waals surface area contributed by atoms with Crippen LogP contribution in [0.4, 0.5) is 0 Å². The van der Waals surface area contributed by atoms with Crippen LogP contribution in [-0.4, -0.2) is 10.3 Å². The van der Waals surface area contributed by atoms with Crippen LogP contribution in [0.25, 0.3) is 0 Å². The van der Waals surface area contributed by atoms with Crippen LogP contribution in [0.3, 0.4) is 0 Å². The topological polar surface area (TPSA) is 12.9 Å². The molecule has 0 atom stereocenters. The van der Waals surface area contributed by atoms with Crippen molar-refractivity contribution >= 4 is 27.3 Å². The first-order chi connectivity index (χ1) is 5.74. The number of thiazole rings is 1. The third-order valence-corrected chi connectivity index (χ3v) is 2.71. The molecule has 1 nitrogen and oxygen atoms in total. The predicted molar refractivity (Wildman–Crippen MR) is 56.9 cm³/mol. The number of aromatic nitrogens is 1. The van der Waals surface area contributed by atoms with Crippen LogP contribution in [0.2, 0.25) is 0 Å². The largest absolute Gasteiger partial charge is 0.246 e. The average molecular weight is 244 g/mol. The van der Waals surface area contributed by atoms with E-state index >= 15 is 0 Å². The van der Waals surface area contributed by atoms with Gasteiger partial charge in [-0.15, -0.1) is 11.3 Å². The Morgan fingerprint density at radius 2 is 2.25 bits per heavy atom. The fourth-order valence-electron chi connectivity index (χ4n) is 0.837. The van der Waals surface area contributed by atoms with Crippen molar-refractivity contribution in [2.75, 3.05) is 5.33 Å². The van der Waals surface area contributed by atoms with Crippen molar-refractivity contribution in [3.63, 3.8) is 0 Å². The van der Waals surface area contributed by atoms with E-state index in [0.29, 0.717) is 0 Å². The van der Waals surface area contributed by atoms with Gasteiger partial charge in [0.05, 0.1) is 15.6 Å². The van der Waals surface area contributed by atoms with Gasteiger partial charge < -0.3 is 0 Å². The van der Waals surface area contributed by atoms with Gasteiger partial charge in [0.2, 0.25) is 0 Å². The molecule has 0 N–H and O–H groups in total. The quantitative estimate of drug-likeness (QED) is 0.546. The Balaban J connectivity index is 2.76. The third kappa shape index (κ3) is 2.62. The van der Waals surface area contributed by atoms with Crippen LogP contribution in [0, 0.1) is 25.7 Å². The van der Waals surface area contributed by atoms with E-state index in [4.69, 9.17) is 0 Å². The Morgan fingerprint density at radius 1 is 1.50 bits per heavy atom. The molecule has 0 unspecified atom stereocenters. The Bertz CT molecular complexity index is 319. The summed E-state index contributed by atoms with van der Waals surface area (Å²) in [5.41, 5.74) is 1.06. The van der Waals surface area contributed by atoms with E-state index in [0.717, 1.165) is 27.3 Å². The number of nitrogens with zero attached hydrogens (tertiary/aromatic N) is 1. The molecule has 12 heavy (non-hydrogen) atoms. The van der Waals surface area contributed by atoms with E-state index < -0.39 is 0 Å². The Morgan fingerprint density at radius 3 is 2.75 bits per heavy atom. The lowest BCUT2D eigenvalue weighted by atomic mass is 10.4. The lowest BCUT2D eigenvalue weighted by molar-refractivity contribution is 1.19. The summed E-state index contributed by atoms with van der Waals surface area (Å²) in [5.74, 6) is 6.19. The number of hydrogen-bond acceptors (Lipinski definition) is 2. The minimum atomic E-state index is 0.899. The molecule has 3 heteroatoms. The maximum atomic E-state index is 4.29. The van der Waals surface area contributed by atoms with Gasteiger partial charge in [-0.25, -0.2) is 4.98 Å². The summed E-state index contributed by atoms with van der Waals surface area (Å²) in [5, 5.41) is 2.03. The zero-order valence-electron chi connectivity index (χ0n) is 7.15. The second-order valence-electron chi connectivity index (χ2n) is 2.39. The van der Waals surface area contributed by atoms with Crippen LogP contribution in [0.15, 0.2) is 0 Å². The molecule has 0 aromatic carbocycles. The van der Waals surface area contributed by atoms with Crippen molar-refractivity contribution in [2.45, 2.75) is 20.3 Å². The lowest BCUT2D eigenvalue weighted by Gasteiger charge is -1.81. The summed E-state index contributed by atoms with van der Waals surface area (Å²) < 4.78 is 0. The molecule has 1 heterocycles. The van der Waals surface area contributed by atoms with Gasteiger partial charge in [0.15, 0.2) is 0 Å². The maximum absolute atomic E-state index is 4.29. The first-order valence-electron chi connectivity index (χ1n) is 3.73. The van der Waals surface area contributed by atoms with Crippen LogP contribution in [0.1, 0.15) is 22.0 Å². The molecule has 0 bridgehead atoms. The van der Waals surface area contributed by atoms with Gasteiger partial charge >= 0.3 is 0 Å². The molecule has 1 aromatic rings. The van der Waals surface area contributed by atoms with Gasteiger partial charge in [0.1, 0.15) is 0 Å². The zero-order chi connectivity index (χ0) is 8.97. The highest BCUT2D eigenvalue weighted by atomic mass is 79.9. The summed E-state index contributed by atoms with van der Waals surface area (Å²) in [7, 11) is 0. The first-order valence-corrected chi connectivity index (χ1v) is 5.66. The van der Waals surface area contributed by atoms with Crippen LogP contribution < -0.4 is 0 Å². The van der Waals surface area contributed by atoms with Crippen molar-refractivity contribution in [3.05, 3.63) is 15.6 Å². The Kier molecular flexibility index (Phi) is 3.77. The van der Waals surface area contributed by atoms with Crippen molar-refractivity contribution in [3.8, 4) is 11.8 Å². The highest BCUT2D eigenvalue weighted by molar-refractivity contribution is 9.09. The van der Waals surface area contributed by atoms with Crippen molar-refractivity contribution in [1.29, 1.82) is 0 Å². The normalized spacial score (nSPS) is 9.25. The predicted octanol–water partition coefficient (Wildman–Crippen LogP) is 2.90. The molecule has 1 rings (SSSR count). The molecule has 0 amide bonds. The van der Waals surface area contributed by atoms with E-state index in [9.17, 15) is 0 Å². The Labute approximate surface area is 85.3 Å². The lowest BCUT2D eigenvalue weighted by Crippen LogP contribution is -1.75. The Hall–Kier alpha value is -0.330. The smallest absolute Gasteiger partial charge is 0.0998 e. The summed E-state index contributed by atoms with van der Waals surface area (Å²) in [4.78, 5) is 5.40. The van der Waals surface area contributed by atoms with Gasteiger partial charge in [-0.05, 0) is 13.8 Å². The molecule has 0 fully saturated rings. The molecule has 0 saturated heterocycles. The van der Waals surface area contributed by atoms with E-state index in [2.05, 4.69) is 32.8 Å². The molecule has 0 saturated carbocycles. The van der Waals surface area contributed by atoms with Crippen molar-refractivity contribution in [1.82, 2.24) is 4.98 Å². The third-order valence-electron chi connectivity index (χ3n) is 1.32. The second-order valence-corrected chi connectivity index (χ2v) is 4.38. The average Bonchev–Trinajstić information content (AvgIpc) is 2.31. The summed E-state index contributed by atoms with van der Waals surface area (Å²) in [6.07, 6.45) is 0.899. The highest BCUT2D eigenvalue weighted by Crippen LogP contribution is 2.15. The van der Waals surface area contributed by atoms with Gasteiger partial charge in [-0.2, -0.15) is 0 Å². The minimum Gasteiger partial charge on any atom is -0.246 e. The summed E-state index contributed by atoms with van der Waals surface area (Å²) in [6, 6.07) is 0. The summed E-state index contributed by atoms with van der Waals surface area (Å²) in [6.45, 7) is 4.01. The number of halogens is 1. The highest BCUT2D eigenvalue weighted by Gasteiger charge is 1.99. The fourth-order valence-corrected chi connectivity index (χ4v) is 1.83. The van der Waals surface area contributed by atoms with E-state index in [1.165, 1.54) is 0 Å². The molecular formula is C9H10BrNS. The molecule has 0 radical (unpaired) electrons. The first kappa shape index (κ1) is 9.76. The van der Waals surface area contributed by atoms with Crippen molar-refractivity contribution in [2.24, 2.45) is 0 Å². The van der Waals surface area contributed by atoms with Gasteiger partial charge in [0, 0.05) is 11.8 Å². The van der Waals surface area contributed by atoms with Crippen LogP contribution in [-0.2, 0) is 0 Å². The van der Waals surface area contributed by atoms with E-state index in [1.54, 1.807) is 11.3 Å². The van der Waals surface area contributed by atoms with Crippen molar-refractivity contribution < 1.29 is 0 Å². The zero-order valence-corrected chi connectivity index (χ0v) is 9.55. The number of aryl methyl sites for hydroxylation is 2. The monoisotopic (exact) mass is 243 g/mol. The molecule has 0 spiro atoms. The van der Waals surface area contributed by atoms with Crippen LogP contribution >= 0.6 is 27.3 Å².